The van der Waals surface area contributed by atoms with E-state index in [0.717, 1.165) is 19.0 Å². The third kappa shape index (κ3) is 3.10. The SMILES string of the molecule is CCC1CC[C@@H](c2cnn(Cc3ccccc3)c2)NC1. The number of hydrogen-bond donors (Lipinski definition) is 1. The van der Waals surface area contributed by atoms with Crippen molar-refractivity contribution in [3.63, 3.8) is 0 Å². The number of piperidine rings is 1. The molecule has 20 heavy (non-hydrogen) atoms. The van der Waals surface area contributed by atoms with Crippen molar-refractivity contribution < 1.29 is 0 Å². The summed E-state index contributed by atoms with van der Waals surface area (Å²) in [5.74, 6) is 0.852. The molecular weight excluding hydrogens is 246 g/mol. The lowest BCUT2D eigenvalue weighted by molar-refractivity contribution is 0.308. The highest BCUT2D eigenvalue weighted by atomic mass is 15.3. The first-order chi connectivity index (χ1) is 9.85. The number of aromatic nitrogens is 2. The van der Waals surface area contributed by atoms with Crippen LogP contribution in [0.1, 0.15) is 43.4 Å². The second kappa shape index (κ2) is 6.23. The van der Waals surface area contributed by atoms with Crippen LogP contribution in [0.3, 0.4) is 0 Å². The van der Waals surface area contributed by atoms with Gasteiger partial charge in [0.1, 0.15) is 0 Å². The lowest BCUT2D eigenvalue weighted by atomic mass is 9.91. The highest BCUT2D eigenvalue weighted by Gasteiger charge is 2.21. The van der Waals surface area contributed by atoms with Crippen molar-refractivity contribution in [2.45, 2.75) is 38.8 Å². The summed E-state index contributed by atoms with van der Waals surface area (Å²) in [6.45, 7) is 4.28. The molecule has 1 aliphatic rings. The highest BCUT2D eigenvalue weighted by Crippen LogP contribution is 2.26. The molecule has 2 heterocycles. The van der Waals surface area contributed by atoms with Gasteiger partial charge in [-0.1, -0.05) is 43.7 Å². The monoisotopic (exact) mass is 269 g/mol. The van der Waals surface area contributed by atoms with Gasteiger partial charge in [0.05, 0.1) is 12.7 Å². The fraction of sp³-hybridized carbons (Fsp3) is 0.471. The molecule has 0 aliphatic carbocycles. The molecule has 1 fully saturated rings. The molecule has 0 spiro atoms. The molecule has 3 nitrogen and oxygen atoms in total. The molecule has 0 bridgehead atoms. The fourth-order valence-electron chi connectivity index (χ4n) is 2.96. The third-order valence-electron chi connectivity index (χ3n) is 4.34. The van der Waals surface area contributed by atoms with Crippen LogP contribution in [-0.2, 0) is 6.54 Å². The molecule has 1 aromatic carbocycles. The van der Waals surface area contributed by atoms with Crippen LogP contribution in [0.25, 0.3) is 0 Å². The van der Waals surface area contributed by atoms with Crippen LogP contribution >= 0.6 is 0 Å². The van der Waals surface area contributed by atoms with E-state index in [4.69, 9.17) is 0 Å². The van der Waals surface area contributed by atoms with Gasteiger partial charge in [0.2, 0.25) is 0 Å². The van der Waals surface area contributed by atoms with Gasteiger partial charge in [0, 0.05) is 17.8 Å². The summed E-state index contributed by atoms with van der Waals surface area (Å²) in [7, 11) is 0. The Balaban J connectivity index is 1.62. The normalized spacial score (nSPS) is 22.9. The Kier molecular flexibility index (Phi) is 4.16. The molecule has 0 radical (unpaired) electrons. The minimum atomic E-state index is 0.488. The first-order valence-electron chi connectivity index (χ1n) is 7.65. The van der Waals surface area contributed by atoms with Gasteiger partial charge in [0.25, 0.3) is 0 Å². The Morgan fingerprint density at radius 2 is 2.10 bits per heavy atom. The summed E-state index contributed by atoms with van der Waals surface area (Å²) < 4.78 is 2.04. The summed E-state index contributed by atoms with van der Waals surface area (Å²) in [6.07, 6.45) is 8.06. The van der Waals surface area contributed by atoms with Crippen molar-refractivity contribution in [3.05, 3.63) is 53.9 Å². The van der Waals surface area contributed by atoms with Crippen molar-refractivity contribution in [2.24, 2.45) is 5.92 Å². The van der Waals surface area contributed by atoms with E-state index in [1.807, 2.05) is 16.9 Å². The first-order valence-corrected chi connectivity index (χ1v) is 7.65. The average molecular weight is 269 g/mol. The van der Waals surface area contributed by atoms with Gasteiger partial charge in [-0.15, -0.1) is 0 Å². The zero-order chi connectivity index (χ0) is 13.8. The van der Waals surface area contributed by atoms with Crippen LogP contribution < -0.4 is 5.32 Å². The average Bonchev–Trinajstić information content (AvgIpc) is 2.97. The molecule has 1 saturated heterocycles. The summed E-state index contributed by atoms with van der Waals surface area (Å²) >= 11 is 0. The van der Waals surface area contributed by atoms with Crippen LogP contribution in [0.4, 0.5) is 0 Å². The molecule has 0 amide bonds. The smallest absolute Gasteiger partial charge is 0.0659 e. The van der Waals surface area contributed by atoms with E-state index < -0.39 is 0 Å². The minimum absolute atomic E-state index is 0.488. The van der Waals surface area contributed by atoms with Crippen molar-refractivity contribution in [1.29, 1.82) is 0 Å². The molecule has 3 rings (SSSR count). The third-order valence-corrected chi connectivity index (χ3v) is 4.34. The van der Waals surface area contributed by atoms with Crippen molar-refractivity contribution in [2.75, 3.05) is 6.54 Å². The largest absolute Gasteiger partial charge is 0.310 e. The van der Waals surface area contributed by atoms with E-state index in [9.17, 15) is 0 Å². The molecule has 1 N–H and O–H groups in total. The van der Waals surface area contributed by atoms with E-state index in [1.165, 1.54) is 30.4 Å². The Morgan fingerprint density at radius 3 is 2.80 bits per heavy atom. The maximum atomic E-state index is 4.50. The zero-order valence-electron chi connectivity index (χ0n) is 12.1. The Labute approximate surface area is 121 Å². The minimum Gasteiger partial charge on any atom is -0.310 e. The molecule has 3 heteroatoms. The quantitative estimate of drug-likeness (QED) is 0.922. The van der Waals surface area contributed by atoms with Gasteiger partial charge in [-0.2, -0.15) is 5.10 Å². The van der Waals surface area contributed by atoms with E-state index in [1.54, 1.807) is 0 Å². The number of nitrogens with one attached hydrogen (secondary N) is 1. The van der Waals surface area contributed by atoms with Crippen molar-refractivity contribution in [3.8, 4) is 0 Å². The van der Waals surface area contributed by atoms with Gasteiger partial charge < -0.3 is 5.32 Å². The van der Waals surface area contributed by atoms with Gasteiger partial charge in [-0.25, -0.2) is 0 Å². The van der Waals surface area contributed by atoms with Gasteiger partial charge in [0.15, 0.2) is 0 Å². The molecule has 2 aromatic rings. The highest BCUT2D eigenvalue weighted by molar-refractivity contribution is 5.17. The summed E-state index contributed by atoms with van der Waals surface area (Å²) in [5, 5.41) is 8.16. The van der Waals surface area contributed by atoms with Crippen LogP contribution in [0.5, 0.6) is 0 Å². The Bertz CT molecular complexity index is 524. The molecule has 106 valence electrons. The second-order valence-electron chi connectivity index (χ2n) is 5.77. The molecule has 1 aromatic heterocycles. The lowest BCUT2D eigenvalue weighted by Crippen LogP contribution is -2.32. The Hall–Kier alpha value is -1.61. The van der Waals surface area contributed by atoms with Crippen LogP contribution in [0.2, 0.25) is 0 Å². The van der Waals surface area contributed by atoms with Crippen LogP contribution in [0.15, 0.2) is 42.7 Å². The molecule has 1 unspecified atom stereocenters. The predicted molar refractivity (Wildman–Crippen MR) is 81.5 cm³/mol. The maximum Gasteiger partial charge on any atom is 0.0659 e. The maximum absolute atomic E-state index is 4.50. The standard InChI is InChI=1S/C17H23N3/c1-2-14-8-9-17(18-10-14)16-11-19-20(13-16)12-15-6-4-3-5-7-15/h3-7,11,13-14,17-18H,2,8-10,12H2,1H3/t14?,17-/m0/s1. The molecule has 0 saturated carbocycles. The van der Waals surface area contributed by atoms with Crippen molar-refractivity contribution >= 4 is 0 Å². The van der Waals surface area contributed by atoms with E-state index in [-0.39, 0.29) is 0 Å². The number of rotatable bonds is 4. The number of nitrogens with zero attached hydrogens (tertiary/aromatic N) is 2. The zero-order valence-corrected chi connectivity index (χ0v) is 12.1. The number of hydrogen-bond acceptors (Lipinski definition) is 2. The fourth-order valence-corrected chi connectivity index (χ4v) is 2.96. The molecular formula is C17H23N3. The van der Waals surface area contributed by atoms with Gasteiger partial charge in [-0.3, -0.25) is 4.68 Å². The summed E-state index contributed by atoms with van der Waals surface area (Å²) in [6, 6.07) is 11.0. The van der Waals surface area contributed by atoms with E-state index in [2.05, 4.69) is 47.8 Å². The van der Waals surface area contributed by atoms with Crippen LogP contribution in [0, 0.1) is 5.92 Å². The second-order valence-corrected chi connectivity index (χ2v) is 5.77. The van der Waals surface area contributed by atoms with Gasteiger partial charge >= 0.3 is 0 Å². The number of benzene rings is 1. The lowest BCUT2D eigenvalue weighted by Gasteiger charge is -2.28. The topological polar surface area (TPSA) is 29.9 Å². The van der Waals surface area contributed by atoms with E-state index >= 15 is 0 Å². The van der Waals surface area contributed by atoms with Crippen molar-refractivity contribution in [1.82, 2.24) is 15.1 Å². The van der Waals surface area contributed by atoms with E-state index in [0.29, 0.717) is 6.04 Å². The summed E-state index contributed by atoms with van der Waals surface area (Å²) in [4.78, 5) is 0. The Morgan fingerprint density at radius 1 is 1.25 bits per heavy atom. The summed E-state index contributed by atoms with van der Waals surface area (Å²) in [5.41, 5.74) is 2.63. The molecule has 1 aliphatic heterocycles. The predicted octanol–water partition coefficient (Wildman–Crippen LogP) is 3.38. The van der Waals surface area contributed by atoms with Crippen LogP contribution in [-0.4, -0.2) is 16.3 Å². The van der Waals surface area contributed by atoms with Gasteiger partial charge in [-0.05, 0) is 30.9 Å². The molecule has 2 atom stereocenters. The first kappa shape index (κ1) is 13.4.